The lowest BCUT2D eigenvalue weighted by atomic mass is 9.93. The van der Waals surface area contributed by atoms with E-state index in [1.807, 2.05) is 73.7 Å². The number of aliphatic hydroxyl groups is 1. The maximum Gasteiger partial charge on any atom is 0.290 e. The van der Waals surface area contributed by atoms with Crippen molar-refractivity contribution in [1.82, 2.24) is 9.88 Å². The van der Waals surface area contributed by atoms with Gasteiger partial charge in [0.2, 0.25) is 0 Å². The van der Waals surface area contributed by atoms with E-state index in [9.17, 15) is 9.90 Å². The van der Waals surface area contributed by atoms with Crippen LogP contribution in [0.4, 0.5) is 0 Å². The highest BCUT2D eigenvalue weighted by atomic mass is 16.3. The molecule has 0 aliphatic carbocycles. The Labute approximate surface area is 158 Å². The van der Waals surface area contributed by atoms with E-state index >= 15 is 0 Å². The number of carbonyl (C=O) groups excluding carboxylic acids is 1. The van der Waals surface area contributed by atoms with Crippen molar-refractivity contribution in [2.24, 2.45) is 0 Å². The van der Waals surface area contributed by atoms with Gasteiger partial charge in [0.25, 0.3) is 5.91 Å². The van der Waals surface area contributed by atoms with Crippen LogP contribution in [-0.4, -0.2) is 20.9 Å². The first kappa shape index (κ1) is 17.0. The summed E-state index contributed by atoms with van der Waals surface area (Å²) < 4.78 is 0. The highest BCUT2D eigenvalue weighted by Crippen LogP contribution is 2.43. The number of aryl methyl sites for hydroxylation is 1. The summed E-state index contributed by atoms with van der Waals surface area (Å²) in [6, 6.07) is 21.2. The number of aliphatic hydroxyl groups excluding tert-OH is 1. The molecule has 0 spiro atoms. The van der Waals surface area contributed by atoms with Crippen molar-refractivity contribution in [3.8, 4) is 0 Å². The number of hydrogen-bond donors (Lipinski definition) is 1. The third-order valence-electron chi connectivity index (χ3n) is 4.88. The summed E-state index contributed by atoms with van der Waals surface area (Å²) in [5.74, 6) is -0.530. The third kappa shape index (κ3) is 3.22. The second-order valence-electron chi connectivity index (χ2n) is 6.73. The molecule has 1 aromatic heterocycles. The van der Waals surface area contributed by atoms with Crippen LogP contribution in [0.3, 0.4) is 0 Å². The number of rotatable bonds is 4. The van der Waals surface area contributed by atoms with E-state index in [1.165, 1.54) is 0 Å². The van der Waals surface area contributed by atoms with E-state index in [0.717, 1.165) is 22.3 Å². The summed E-state index contributed by atoms with van der Waals surface area (Å²) >= 11 is 0. The molecule has 1 atom stereocenters. The van der Waals surface area contributed by atoms with Gasteiger partial charge in [-0.1, -0.05) is 60.2 Å². The predicted octanol–water partition coefficient (Wildman–Crippen LogP) is 4.44. The average Bonchev–Trinajstić information content (AvgIpc) is 2.95. The highest BCUT2D eigenvalue weighted by molar-refractivity contribution is 6.05. The largest absolute Gasteiger partial charge is 0.503 e. The lowest BCUT2D eigenvalue weighted by Gasteiger charge is -2.27. The van der Waals surface area contributed by atoms with Gasteiger partial charge in [0.05, 0.1) is 6.04 Å². The number of benzene rings is 2. The van der Waals surface area contributed by atoms with Crippen LogP contribution >= 0.6 is 0 Å². The number of aromatic nitrogens is 1. The van der Waals surface area contributed by atoms with Gasteiger partial charge in [-0.15, -0.1) is 0 Å². The summed E-state index contributed by atoms with van der Waals surface area (Å²) in [6.07, 6.45) is 3.42. The standard InChI is InChI=1S/C23H20N2O2/c1-16-7-9-18(10-8-16)20-21(19-5-3-2-4-6-19)25(23(27)22(20)26)15-17-11-13-24-14-12-17/h2-14,21,26H,15H2,1H3. The van der Waals surface area contributed by atoms with Gasteiger partial charge in [-0.2, -0.15) is 0 Å². The molecule has 4 rings (SSSR count). The van der Waals surface area contributed by atoms with Crippen molar-refractivity contribution in [2.75, 3.05) is 0 Å². The van der Waals surface area contributed by atoms with Gasteiger partial charge in [0, 0.05) is 24.5 Å². The fraction of sp³-hybridized carbons (Fsp3) is 0.130. The molecule has 0 saturated carbocycles. The Morgan fingerprint density at radius 1 is 0.963 bits per heavy atom. The molecular formula is C23H20N2O2. The van der Waals surface area contributed by atoms with Gasteiger partial charge in [-0.05, 0) is 35.7 Å². The normalized spacial score (nSPS) is 16.9. The Hall–Kier alpha value is -3.40. The van der Waals surface area contributed by atoms with E-state index in [0.29, 0.717) is 12.1 Å². The molecule has 27 heavy (non-hydrogen) atoms. The molecular weight excluding hydrogens is 336 g/mol. The molecule has 1 amide bonds. The molecule has 0 radical (unpaired) electrons. The Morgan fingerprint density at radius 3 is 2.30 bits per heavy atom. The summed E-state index contributed by atoms with van der Waals surface area (Å²) in [4.78, 5) is 18.7. The topological polar surface area (TPSA) is 53.4 Å². The van der Waals surface area contributed by atoms with Gasteiger partial charge in [0.1, 0.15) is 0 Å². The minimum atomic E-state index is -0.351. The molecule has 1 aliphatic rings. The van der Waals surface area contributed by atoms with E-state index in [1.54, 1.807) is 17.3 Å². The Bertz CT molecular complexity index is 980. The molecule has 2 aromatic carbocycles. The molecule has 1 N–H and O–H groups in total. The molecule has 0 fully saturated rings. The zero-order chi connectivity index (χ0) is 18.8. The first-order chi connectivity index (χ1) is 13.1. The van der Waals surface area contributed by atoms with Crippen molar-refractivity contribution in [3.63, 3.8) is 0 Å². The van der Waals surface area contributed by atoms with E-state index in [-0.39, 0.29) is 17.7 Å². The number of hydrogen-bond acceptors (Lipinski definition) is 3. The van der Waals surface area contributed by atoms with Crippen molar-refractivity contribution in [1.29, 1.82) is 0 Å². The maximum absolute atomic E-state index is 12.9. The van der Waals surface area contributed by atoms with Gasteiger partial charge in [-0.3, -0.25) is 9.78 Å². The predicted molar refractivity (Wildman–Crippen MR) is 105 cm³/mol. The Balaban J connectivity index is 1.81. The van der Waals surface area contributed by atoms with Crippen LogP contribution in [0, 0.1) is 6.92 Å². The van der Waals surface area contributed by atoms with Gasteiger partial charge in [0.15, 0.2) is 5.76 Å². The fourth-order valence-electron chi connectivity index (χ4n) is 3.51. The van der Waals surface area contributed by atoms with Crippen LogP contribution in [0.2, 0.25) is 0 Å². The molecule has 2 heterocycles. The van der Waals surface area contributed by atoms with E-state index in [4.69, 9.17) is 0 Å². The molecule has 1 unspecified atom stereocenters. The van der Waals surface area contributed by atoms with E-state index in [2.05, 4.69) is 4.98 Å². The number of nitrogens with zero attached hydrogens (tertiary/aromatic N) is 2. The van der Waals surface area contributed by atoms with Crippen molar-refractivity contribution < 1.29 is 9.90 Å². The quantitative estimate of drug-likeness (QED) is 0.752. The number of amides is 1. The van der Waals surface area contributed by atoms with Crippen molar-refractivity contribution in [2.45, 2.75) is 19.5 Å². The summed E-state index contributed by atoms with van der Waals surface area (Å²) in [5.41, 5.74) is 4.59. The molecule has 1 aliphatic heterocycles. The van der Waals surface area contributed by atoms with Crippen LogP contribution < -0.4 is 0 Å². The monoisotopic (exact) mass is 356 g/mol. The molecule has 4 heteroatoms. The van der Waals surface area contributed by atoms with Gasteiger partial charge < -0.3 is 10.0 Å². The SMILES string of the molecule is Cc1ccc(C2=C(O)C(=O)N(Cc3ccncc3)C2c2ccccc2)cc1. The zero-order valence-electron chi connectivity index (χ0n) is 15.0. The van der Waals surface area contributed by atoms with Crippen LogP contribution in [0.5, 0.6) is 0 Å². The maximum atomic E-state index is 12.9. The molecule has 0 bridgehead atoms. The zero-order valence-corrected chi connectivity index (χ0v) is 15.0. The molecule has 134 valence electrons. The number of carbonyl (C=O) groups is 1. The lowest BCUT2D eigenvalue weighted by molar-refractivity contribution is -0.130. The number of pyridine rings is 1. The summed E-state index contributed by atoms with van der Waals surface area (Å²) in [7, 11) is 0. The fourth-order valence-corrected chi connectivity index (χ4v) is 3.51. The van der Waals surface area contributed by atoms with Crippen LogP contribution in [0.15, 0.2) is 84.9 Å². The average molecular weight is 356 g/mol. The second-order valence-corrected chi connectivity index (χ2v) is 6.73. The molecule has 3 aromatic rings. The van der Waals surface area contributed by atoms with Crippen molar-refractivity contribution in [3.05, 3.63) is 107 Å². The Morgan fingerprint density at radius 2 is 1.63 bits per heavy atom. The van der Waals surface area contributed by atoms with Crippen LogP contribution in [0.25, 0.3) is 5.57 Å². The third-order valence-corrected chi connectivity index (χ3v) is 4.88. The first-order valence-corrected chi connectivity index (χ1v) is 8.90. The minimum Gasteiger partial charge on any atom is -0.503 e. The van der Waals surface area contributed by atoms with Crippen LogP contribution in [0.1, 0.15) is 28.3 Å². The van der Waals surface area contributed by atoms with E-state index < -0.39 is 0 Å². The summed E-state index contributed by atoms with van der Waals surface area (Å²) in [5, 5.41) is 10.7. The lowest BCUT2D eigenvalue weighted by Crippen LogP contribution is -2.29. The van der Waals surface area contributed by atoms with Gasteiger partial charge in [-0.25, -0.2) is 0 Å². The highest BCUT2D eigenvalue weighted by Gasteiger charge is 2.40. The molecule has 4 nitrogen and oxygen atoms in total. The summed E-state index contributed by atoms with van der Waals surface area (Å²) in [6.45, 7) is 2.42. The van der Waals surface area contributed by atoms with Crippen LogP contribution in [-0.2, 0) is 11.3 Å². The molecule has 0 saturated heterocycles. The second kappa shape index (κ2) is 7.08. The smallest absolute Gasteiger partial charge is 0.290 e. The minimum absolute atomic E-state index is 0.179. The first-order valence-electron chi connectivity index (χ1n) is 8.90. The van der Waals surface area contributed by atoms with Crippen molar-refractivity contribution >= 4 is 11.5 Å². The Kier molecular flexibility index (Phi) is 4.47. The van der Waals surface area contributed by atoms with Gasteiger partial charge >= 0.3 is 0 Å².